The molecule has 0 bridgehead atoms. The molecule has 1 saturated carbocycles. The minimum atomic E-state index is -0.412. The second-order valence-corrected chi connectivity index (χ2v) is 8.90. The second kappa shape index (κ2) is 7.97. The first kappa shape index (κ1) is 20.5. The Morgan fingerprint density at radius 2 is 1.91 bits per heavy atom. The predicted molar refractivity (Wildman–Crippen MR) is 122 cm³/mol. The Morgan fingerprint density at radius 1 is 1.09 bits per heavy atom. The molecule has 3 amide bonds. The van der Waals surface area contributed by atoms with Crippen LogP contribution in [0.1, 0.15) is 30.4 Å². The largest absolute Gasteiger partial charge is 0.497 e. The molecule has 3 aliphatic rings. The van der Waals surface area contributed by atoms with E-state index in [0.717, 1.165) is 53.2 Å². The highest BCUT2D eigenvalue weighted by atomic mass is 16.5. The Labute approximate surface area is 187 Å². The van der Waals surface area contributed by atoms with Crippen molar-refractivity contribution in [1.29, 1.82) is 0 Å². The van der Waals surface area contributed by atoms with Gasteiger partial charge in [0.15, 0.2) is 0 Å². The fourth-order valence-corrected chi connectivity index (χ4v) is 4.61. The van der Waals surface area contributed by atoms with Crippen LogP contribution in [0.5, 0.6) is 5.75 Å². The number of hydrogen-bond acceptors (Lipinski definition) is 4. The van der Waals surface area contributed by atoms with Gasteiger partial charge in [-0.15, -0.1) is 0 Å². The number of fused-ring (bicyclic) bond motifs is 1. The van der Waals surface area contributed by atoms with Gasteiger partial charge in [0.2, 0.25) is 17.7 Å². The van der Waals surface area contributed by atoms with Crippen molar-refractivity contribution in [1.82, 2.24) is 0 Å². The Balaban J connectivity index is 1.28. The fraction of sp³-hybridized carbons (Fsp3) is 0.400. The average Bonchev–Trinajstić information content (AvgIpc) is 3.44. The van der Waals surface area contributed by atoms with Crippen molar-refractivity contribution in [2.45, 2.75) is 32.6 Å². The molecule has 0 aromatic heterocycles. The molecule has 7 nitrogen and oxygen atoms in total. The molecule has 32 heavy (non-hydrogen) atoms. The molecule has 2 heterocycles. The highest BCUT2D eigenvalue weighted by Crippen LogP contribution is 2.38. The monoisotopic (exact) mass is 433 g/mol. The third kappa shape index (κ3) is 3.72. The van der Waals surface area contributed by atoms with Gasteiger partial charge in [0.05, 0.1) is 13.0 Å². The number of nitrogens with one attached hydrogen (secondary N) is 1. The molecule has 0 spiro atoms. The van der Waals surface area contributed by atoms with Gasteiger partial charge in [-0.1, -0.05) is 0 Å². The number of aryl methyl sites for hydroxylation is 1. The lowest BCUT2D eigenvalue weighted by molar-refractivity contribution is -0.122. The first-order valence-electron chi connectivity index (χ1n) is 11.1. The van der Waals surface area contributed by atoms with Crippen molar-refractivity contribution in [3.63, 3.8) is 0 Å². The van der Waals surface area contributed by atoms with Crippen LogP contribution in [0.15, 0.2) is 36.4 Å². The normalized spacial score (nSPS) is 19.8. The van der Waals surface area contributed by atoms with Gasteiger partial charge in [0, 0.05) is 42.5 Å². The van der Waals surface area contributed by atoms with E-state index in [4.69, 9.17) is 4.74 Å². The Bertz CT molecular complexity index is 1110. The number of amides is 3. The van der Waals surface area contributed by atoms with Crippen LogP contribution in [-0.2, 0) is 20.8 Å². The molecule has 1 N–H and O–H groups in total. The maximum Gasteiger partial charge on any atom is 0.230 e. The Morgan fingerprint density at radius 3 is 2.62 bits per heavy atom. The summed E-state index contributed by atoms with van der Waals surface area (Å²) in [6, 6.07) is 11.3. The predicted octanol–water partition coefficient (Wildman–Crippen LogP) is 3.29. The standard InChI is InChI=1S/C25H27N3O4/c1-15-11-20(32-2)6-7-21(15)26-24(30)18-13-23(29)28(14-18)19-5-8-22-17(12-19)9-10-27(22)25(31)16-3-4-16/h5-8,11-12,16,18H,3-4,9-10,13-14H2,1-2H3,(H,26,30). The van der Waals surface area contributed by atoms with E-state index in [2.05, 4.69) is 5.32 Å². The van der Waals surface area contributed by atoms with E-state index in [1.807, 2.05) is 42.2 Å². The molecule has 166 valence electrons. The van der Waals surface area contributed by atoms with E-state index in [-0.39, 0.29) is 30.1 Å². The number of anilines is 3. The minimum Gasteiger partial charge on any atom is -0.497 e. The number of benzene rings is 2. The fourth-order valence-electron chi connectivity index (χ4n) is 4.61. The Hall–Kier alpha value is -3.35. The lowest BCUT2D eigenvalue weighted by Gasteiger charge is -2.20. The number of hydrogen-bond donors (Lipinski definition) is 1. The first-order chi connectivity index (χ1) is 15.4. The summed E-state index contributed by atoms with van der Waals surface area (Å²) < 4.78 is 5.21. The first-order valence-corrected chi connectivity index (χ1v) is 11.1. The maximum atomic E-state index is 12.9. The summed E-state index contributed by atoms with van der Waals surface area (Å²) in [5, 5.41) is 2.95. The molecule has 2 aromatic carbocycles. The van der Waals surface area contributed by atoms with Crippen LogP contribution in [0.25, 0.3) is 0 Å². The maximum absolute atomic E-state index is 12.9. The van der Waals surface area contributed by atoms with Gasteiger partial charge in [-0.2, -0.15) is 0 Å². The smallest absolute Gasteiger partial charge is 0.230 e. The zero-order valence-corrected chi connectivity index (χ0v) is 18.4. The van der Waals surface area contributed by atoms with Crippen LogP contribution in [0, 0.1) is 18.8 Å². The molecule has 2 aliphatic heterocycles. The summed E-state index contributed by atoms with van der Waals surface area (Å²) in [4.78, 5) is 41.7. The van der Waals surface area contributed by atoms with Gasteiger partial charge in [-0.25, -0.2) is 0 Å². The number of carbonyl (C=O) groups is 3. The van der Waals surface area contributed by atoms with Gasteiger partial charge in [0.1, 0.15) is 5.75 Å². The van der Waals surface area contributed by atoms with Crippen LogP contribution in [0.4, 0.5) is 17.1 Å². The molecule has 1 aliphatic carbocycles. The summed E-state index contributed by atoms with van der Waals surface area (Å²) >= 11 is 0. The number of ether oxygens (including phenoxy) is 1. The third-order valence-corrected chi connectivity index (χ3v) is 6.65. The van der Waals surface area contributed by atoms with Crippen molar-refractivity contribution in [2.24, 2.45) is 11.8 Å². The SMILES string of the molecule is COc1ccc(NC(=O)C2CC(=O)N(c3ccc4c(c3)CCN4C(=O)C3CC3)C2)c(C)c1. The number of rotatable bonds is 5. The van der Waals surface area contributed by atoms with Gasteiger partial charge in [-0.3, -0.25) is 14.4 Å². The van der Waals surface area contributed by atoms with Crippen molar-refractivity contribution in [2.75, 3.05) is 35.3 Å². The molecular weight excluding hydrogens is 406 g/mol. The summed E-state index contributed by atoms with van der Waals surface area (Å²) in [5.41, 5.74) is 4.47. The van der Waals surface area contributed by atoms with Crippen molar-refractivity contribution in [3.8, 4) is 5.75 Å². The van der Waals surface area contributed by atoms with Gasteiger partial charge >= 0.3 is 0 Å². The molecule has 7 heteroatoms. The molecule has 1 saturated heterocycles. The van der Waals surface area contributed by atoms with E-state index < -0.39 is 5.92 Å². The molecule has 5 rings (SSSR count). The van der Waals surface area contributed by atoms with Gasteiger partial charge in [-0.05, 0) is 73.7 Å². The summed E-state index contributed by atoms with van der Waals surface area (Å²) in [6.07, 6.45) is 2.96. The molecule has 0 radical (unpaired) electrons. The topological polar surface area (TPSA) is 79.0 Å². The number of carbonyl (C=O) groups excluding carboxylic acids is 3. The van der Waals surface area contributed by atoms with Crippen LogP contribution in [0.3, 0.4) is 0 Å². The zero-order chi connectivity index (χ0) is 22.4. The second-order valence-electron chi connectivity index (χ2n) is 8.90. The lowest BCUT2D eigenvalue weighted by Crippen LogP contribution is -2.30. The number of nitrogens with zero attached hydrogens (tertiary/aromatic N) is 2. The van der Waals surface area contributed by atoms with E-state index in [9.17, 15) is 14.4 Å². The number of methoxy groups -OCH3 is 1. The van der Waals surface area contributed by atoms with Gasteiger partial charge < -0.3 is 19.9 Å². The van der Waals surface area contributed by atoms with E-state index in [1.54, 1.807) is 18.1 Å². The summed E-state index contributed by atoms with van der Waals surface area (Å²) in [5.74, 6) is 0.521. The van der Waals surface area contributed by atoms with Crippen molar-refractivity contribution < 1.29 is 19.1 Å². The van der Waals surface area contributed by atoms with E-state index in [0.29, 0.717) is 13.1 Å². The molecule has 1 unspecified atom stereocenters. The minimum absolute atomic E-state index is 0.0551. The molecule has 2 aromatic rings. The van der Waals surface area contributed by atoms with E-state index >= 15 is 0 Å². The van der Waals surface area contributed by atoms with Crippen molar-refractivity contribution in [3.05, 3.63) is 47.5 Å². The summed E-state index contributed by atoms with van der Waals surface area (Å²) in [6.45, 7) is 2.96. The quantitative estimate of drug-likeness (QED) is 0.785. The summed E-state index contributed by atoms with van der Waals surface area (Å²) in [7, 11) is 1.60. The van der Waals surface area contributed by atoms with Crippen LogP contribution in [-0.4, -0.2) is 37.9 Å². The Kier molecular flexibility index (Phi) is 5.12. The van der Waals surface area contributed by atoms with Crippen LogP contribution in [0.2, 0.25) is 0 Å². The molecule has 1 atom stereocenters. The lowest BCUT2D eigenvalue weighted by atomic mass is 10.1. The van der Waals surface area contributed by atoms with Crippen molar-refractivity contribution >= 4 is 34.8 Å². The van der Waals surface area contributed by atoms with E-state index in [1.165, 1.54) is 0 Å². The molecular formula is C25H27N3O4. The highest BCUT2D eigenvalue weighted by Gasteiger charge is 2.38. The zero-order valence-electron chi connectivity index (χ0n) is 18.4. The van der Waals surface area contributed by atoms with Gasteiger partial charge in [0.25, 0.3) is 0 Å². The van der Waals surface area contributed by atoms with Crippen LogP contribution < -0.4 is 19.9 Å². The highest BCUT2D eigenvalue weighted by molar-refractivity contribution is 6.04. The third-order valence-electron chi connectivity index (χ3n) is 6.65. The van der Waals surface area contributed by atoms with Crippen LogP contribution >= 0.6 is 0 Å². The molecule has 2 fully saturated rings. The average molecular weight is 434 g/mol.